The first kappa shape index (κ1) is 16.5. The van der Waals surface area contributed by atoms with Crippen LogP contribution in [0.5, 0.6) is 0 Å². The third kappa shape index (κ3) is 2.38. The Morgan fingerprint density at radius 3 is 2.79 bits per heavy atom. The van der Waals surface area contributed by atoms with Gasteiger partial charge in [-0.25, -0.2) is 4.98 Å². The van der Waals surface area contributed by atoms with Crippen molar-refractivity contribution < 1.29 is 14.4 Å². The maximum Gasteiger partial charge on any atom is 0.255 e. The van der Waals surface area contributed by atoms with Crippen LogP contribution >= 0.6 is 0 Å². The lowest BCUT2D eigenvalue weighted by Gasteiger charge is -2.29. The average Bonchev–Trinajstić information content (AvgIpc) is 3.19. The molecule has 3 amide bonds. The van der Waals surface area contributed by atoms with E-state index in [4.69, 9.17) is 5.73 Å². The number of nitrogens with one attached hydrogen (secondary N) is 1. The topological polar surface area (TPSA) is 110 Å². The van der Waals surface area contributed by atoms with Crippen LogP contribution in [0.25, 0.3) is 16.9 Å². The van der Waals surface area contributed by atoms with Crippen LogP contribution < -0.4 is 11.1 Å². The van der Waals surface area contributed by atoms with Gasteiger partial charge < -0.3 is 10.6 Å². The van der Waals surface area contributed by atoms with Crippen LogP contribution in [0.15, 0.2) is 42.6 Å². The number of carbonyl (C=O) groups is 3. The highest BCUT2D eigenvalue weighted by molar-refractivity contribution is 6.05. The fourth-order valence-electron chi connectivity index (χ4n) is 3.95. The van der Waals surface area contributed by atoms with Crippen molar-refractivity contribution in [1.82, 2.24) is 19.6 Å². The molecular weight excluding hydrogens is 358 g/mol. The Hall–Kier alpha value is -3.68. The first-order valence-corrected chi connectivity index (χ1v) is 9.03. The minimum atomic E-state index is -0.624. The minimum Gasteiger partial charge on any atom is -0.383 e. The zero-order chi connectivity index (χ0) is 19.4. The Morgan fingerprint density at radius 1 is 1.14 bits per heavy atom. The molecule has 2 aliphatic heterocycles. The Morgan fingerprint density at radius 2 is 2.00 bits per heavy atom. The van der Waals surface area contributed by atoms with E-state index in [0.717, 1.165) is 16.8 Å². The molecule has 0 aliphatic carbocycles. The number of imide groups is 1. The van der Waals surface area contributed by atoms with Gasteiger partial charge in [0.2, 0.25) is 11.8 Å². The fourth-order valence-corrected chi connectivity index (χ4v) is 3.95. The highest BCUT2D eigenvalue weighted by Gasteiger charge is 2.39. The first-order chi connectivity index (χ1) is 13.5. The van der Waals surface area contributed by atoms with Crippen LogP contribution in [0.3, 0.4) is 0 Å². The van der Waals surface area contributed by atoms with E-state index < -0.39 is 11.9 Å². The van der Waals surface area contributed by atoms with Crippen molar-refractivity contribution in [1.29, 1.82) is 0 Å². The molecule has 0 radical (unpaired) electrons. The molecule has 1 unspecified atom stereocenters. The van der Waals surface area contributed by atoms with Gasteiger partial charge in [0.05, 0.1) is 0 Å². The Kier molecular flexibility index (Phi) is 3.48. The summed E-state index contributed by atoms with van der Waals surface area (Å²) >= 11 is 0. The highest BCUT2D eigenvalue weighted by Crippen LogP contribution is 2.33. The van der Waals surface area contributed by atoms with E-state index in [1.165, 1.54) is 4.90 Å². The summed E-state index contributed by atoms with van der Waals surface area (Å²) in [5, 5.41) is 2.31. The van der Waals surface area contributed by atoms with E-state index >= 15 is 0 Å². The zero-order valence-electron chi connectivity index (χ0n) is 14.9. The SMILES string of the molecule is Nc1c(-c2ccc3c(c2)CN(C2CCC(=O)NC2=O)C3=O)nc2ccccn12. The number of rotatable bonds is 2. The number of pyridine rings is 1. The van der Waals surface area contributed by atoms with Crippen molar-refractivity contribution in [3.05, 3.63) is 53.7 Å². The second kappa shape index (κ2) is 5.91. The molecule has 1 saturated heterocycles. The van der Waals surface area contributed by atoms with Gasteiger partial charge in [0.25, 0.3) is 5.91 Å². The minimum absolute atomic E-state index is 0.195. The largest absolute Gasteiger partial charge is 0.383 e. The molecule has 1 fully saturated rings. The van der Waals surface area contributed by atoms with Gasteiger partial charge in [-0.2, -0.15) is 0 Å². The number of hydrogen-bond acceptors (Lipinski definition) is 5. The summed E-state index contributed by atoms with van der Waals surface area (Å²) < 4.78 is 1.81. The van der Waals surface area contributed by atoms with Gasteiger partial charge in [-0.05, 0) is 36.2 Å². The zero-order valence-corrected chi connectivity index (χ0v) is 14.9. The maximum absolute atomic E-state index is 12.8. The molecule has 2 aromatic heterocycles. The lowest BCUT2D eigenvalue weighted by molar-refractivity contribution is -0.136. The number of imidazole rings is 1. The van der Waals surface area contributed by atoms with Crippen LogP contribution in [0.1, 0.15) is 28.8 Å². The predicted octanol–water partition coefficient (Wildman–Crippen LogP) is 1.34. The number of aromatic nitrogens is 2. The van der Waals surface area contributed by atoms with Crippen molar-refractivity contribution in [2.24, 2.45) is 0 Å². The van der Waals surface area contributed by atoms with E-state index in [1.54, 1.807) is 6.07 Å². The normalized spacial score (nSPS) is 19.2. The first-order valence-electron chi connectivity index (χ1n) is 9.03. The fraction of sp³-hybridized carbons (Fsp3) is 0.200. The summed E-state index contributed by atoms with van der Waals surface area (Å²) in [6, 6.07) is 10.5. The maximum atomic E-state index is 12.8. The van der Waals surface area contributed by atoms with Gasteiger partial charge in [-0.1, -0.05) is 12.1 Å². The second-order valence-corrected chi connectivity index (χ2v) is 7.05. The van der Waals surface area contributed by atoms with Crippen molar-refractivity contribution in [2.75, 3.05) is 5.73 Å². The van der Waals surface area contributed by atoms with Crippen molar-refractivity contribution in [3.8, 4) is 11.3 Å². The number of fused-ring (bicyclic) bond motifs is 2. The van der Waals surface area contributed by atoms with Gasteiger partial charge in [-0.15, -0.1) is 0 Å². The van der Waals surface area contributed by atoms with Gasteiger partial charge in [0.15, 0.2) is 0 Å². The summed E-state index contributed by atoms with van der Waals surface area (Å²) in [5.74, 6) is -0.377. The summed E-state index contributed by atoms with van der Waals surface area (Å²) in [7, 11) is 0. The Labute approximate surface area is 160 Å². The molecule has 1 aromatic carbocycles. The monoisotopic (exact) mass is 375 g/mol. The summed E-state index contributed by atoms with van der Waals surface area (Å²) in [4.78, 5) is 42.5. The van der Waals surface area contributed by atoms with Crippen molar-refractivity contribution in [3.63, 3.8) is 0 Å². The van der Waals surface area contributed by atoms with Crippen molar-refractivity contribution >= 4 is 29.2 Å². The molecule has 0 spiro atoms. The number of benzene rings is 1. The molecule has 3 N–H and O–H groups in total. The molecule has 2 aliphatic rings. The van der Waals surface area contributed by atoms with Crippen LogP contribution in [-0.4, -0.2) is 38.0 Å². The van der Waals surface area contributed by atoms with E-state index in [-0.39, 0.29) is 18.2 Å². The molecule has 140 valence electrons. The standard InChI is InChI=1S/C20H17N5O3/c21-18-17(22-15-3-1-2-8-24(15)18)11-4-5-13-12(9-11)10-25(20(13)28)14-6-7-16(26)23-19(14)27/h1-5,8-9,14H,6-7,10,21H2,(H,23,26,27). The molecule has 1 atom stereocenters. The van der Waals surface area contributed by atoms with Crippen LogP contribution in [0.2, 0.25) is 0 Å². The number of nitrogens with two attached hydrogens (primary N) is 1. The number of nitrogens with zero attached hydrogens (tertiary/aromatic N) is 3. The third-order valence-electron chi connectivity index (χ3n) is 5.36. The highest BCUT2D eigenvalue weighted by atomic mass is 16.2. The van der Waals surface area contributed by atoms with Crippen molar-refractivity contribution in [2.45, 2.75) is 25.4 Å². The van der Waals surface area contributed by atoms with E-state index in [1.807, 2.05) is 40.9 Å². The van der Waals surface area contributed by atoms with E-state index in [0.29, 0.717) is 30.0 Å². The number of amides is 3. The van der Waals surface area contributed by atoms with E-state index in [2.05, 4.69) is 10.3 Å². The van der Waals surface area contributed by atoms with Gasteiger partial charge in [0, 0.05) is 30.3 Å². The molecular formula is C20H17N5O3. The van der Waals surface area contributed by atoms with Gasteiger partial charge in [0.1, 0.15) is 23.2 Å². The molecule has 0 saturated carbocycles. The van der Waals surface area contributed by atoms with Gasteiger partial charge in [-0.3, -0.25) is 24.1 Å². The second-order valence-electron chi connectivity index (χ2n) is 7.05. The summed E-state index contributed by atoms with van der Waals surface area (Å²) in [6.07, 6.45) is 2.43. The Bertz CT molecular complexity index is 1170. The van der Waals surface area contributed by atoms with Gasteiger partial charge >= 0.3 is 0 Å². The van der Waals surface area contributed by atoms with E-state index in [9.17, 15) is 14.4 Å². The lowest BCUT2D eigenvalue weighted by Crippen LogP contribution is -2.52. The van der Waals surface area contributed by atoms with Crippen LogP contribution in [0, 0.1) is 0 Å². The molecule has 4 heterocycles. The predicted molar refractivity (Wildman–Crippen MR) is 101 cm³/mol. The number of anilines is 1. The average molecular weight is 375 g/mol. The number of piperidine rings is 1. The summed E-state index contributed by atoms with van der Waals surface area (Å²) in [5.41, 5.74) is 9.86. The molecule has 0 bridgehead atoms. The lowest BCUT2D eigenvalue weighted by atomic mass is 10.0. The Balaban J connectivity index is 1.50. The van der Waals surface area contributed by atoms with Crippen LogP contribution in [0.4, 0.5) is 5.82 Å². The number of carbonyl (C=O) groups excluding carboxylic acids is 3. The number of nitrogen functional groups attached to an aromatic ring is 1. The summed E-state index contributed by atoms with van der Waals surface area (Å²) in [6.45, 7) is 0.321. The molecule has 8 heteroatoms. The number of hydrogen-bond donors (Lipinski definition) is 2. The third-order valence-corrected chi connectivity index (χ3v) is 5.36. The quantitative estimate of drug-likeness (QED) is 0.657. The smallest absolute Gasteiger partial charge is 0.255 e. The molecule has 3 aromatic rings. The molecule has 8 nitrogen and oxygen atoms in total. The van der Waals surface area contributed by atoms with Crippen LogP contribution in [-0.2, 0) is 16.1 Å². The molecule has 28 heavy (non-hydrogen) atoms. The molecule has 5 rings (SSSR count).